The highest BCUT2D eigenvalue weighted by Crippen LogP contribution is 2.14. The fourth-order valence-electron chi connectivity index (χ4n) is 1.15. The van der Waals surface area contributed by atoms with Crippen molar-refractivity contribution in [3.05, 3.63) is 35.6 Å². The maximum absolute atomic E-state index is 13.1. The van der Waals surface area contributed by atoms with Gasteiger partial charge in [0, 0.05) is 5.56 Å². The summed E-state index contributed by atoms with van der Waals surface area (Å²) in [7, 11) is 0. The number of hydrogen-bond donors (Lipinski definition) is 1. The summed E-state index contributed by atoms with van der Waals surface area (Å²) < 4.78 is 41.2. The minimum atomic E-state index is -2.53. The highest BCUT2D eigenvalue weighted by Gasteiger charge is 2.11. The van der Waals surface area contributed by atoms with Crippen LogP contribution in [0.5, 0.6) is 0 Å². The number of alkyl halides is 2. The van der Waals surface area contributed by atoms with E-state index in [4.69, 9.17) is 5.73 Å². The maximum atomic E-state index is 13.1. The van der Waals surface area contributed by atoms with Gasteiger partial charge in [0.15, 0.2) is 0 Å². The van der Waals surface area contributed by atoms with Gasteiger partial charge in [0.2, 0.25) is 0 Å². The van der Waals surface area contributed by atoms with E-state index in [0.717, 1.165) is 0 Å². The first kappa shape index (κ1) is 12.0. The molecule has 84 valence electrons. The molecule has 1 atom stereocenters. The van der Waals surface area contributed by atoms with E-state index >= 15 is 0 Å². The van der Waals surface area contributed by atoms with Crippen molar-refractivity contribution in [2.75, 3.05) is 13.2 Å². The lowest BCUT2D eigenvalue weighted by Gasteiger charge is -2.12. The molecule has 0 saturated heterocycles. The van der Waals surface area contributed by atoms with E-state index in [9.17, 15) is 13.2 Å². The molecule has 0 saturated carbocycles. The van der Waals surface area contributed by atoms with Crippen molar-refractivity contribution in [3.8, 4) is 0 Å². The van der Waals surface area contributed by atoms with Crippen LogP contribution >= 0.6 is 0 Å². The van der Waals surface area contributed by atoms with Gasteiger partial charge in [-0.25, -0.2) is 13.2 Å². The minimum absolute atomic E-state index is 0.120. The smallest absolute Gasteiger partial charge is 0.261 e. The second-order valence-electron chi connectivity index (χ2n) is 3.06. The van der Waals surface area contributed by atoms with Crippen molar-refractivity contribution >= 4 is 0 Å². The van der Waals surface area contributed by atoms with Gasteiger partial charge in [-0.05, 0) is 6.07 Å². The Labute approximate surface area is 85.8 Å². The lowest BCUT2D eigenvalue weighted by Crippen LogP contribution is -2.20. The van der Waals surface area contributed by atoms with E-state index in [-0.39, 0.29) is 12.2 Å². The predicted octanol–water partition coefficient (Wildman–Crippen LogP) is 2.11. The number of ether oxygens (including phenoxy) is 1. The first-order chi connectivity index (χ1) is 7.11. The van der Waals surface area contributed by atoms with E-state index in [1.54, 1.807) is 6.07 Å². The second kappa shape index (κ2) is 5.72. The molecule has 0 aliphatic carbocycles. The van der Waals surface area contributed by atoms with Gasteiger partial charge in [0.05, 0.1) is 12.6 Å². The summed E-state index contributed by atoms with van der Waals surface area (Å²) in [5, 5.41) is 0. The predicted molar refractivity (Wildman–Crippen MR) is 50.2 cm³/mol. The van der Waals surface area contributed by atoms with Crippen molar-refractivity contribution < 1.29 is 17.9 Å². The van der Waals surface area contributed by atoms with E-state index < -0.39 is 24.9 Å². The van der Waals surface area contributed by atoms with Gasteiger partial charge in [-0.15, -0.1) is 0 Å². The van der Waals surface area contributed by atoms with Crippen LogP contribution in [0.1, 0.15) is 11.6 Å². The molecule has 0 amide bonds. The molecule has 1 unspecified atom stereocenters. The van der Waals surface area contributed by atoms with E-state index in [0.29, 0.717) is 0 Å². The first-order valence-corrected chi connectivity index (χ1v) is 4.47. The Morgan fingerprint density at radius 2 is 1.87 bits per heavy atom. The molecule has 2 N–H and O–H groups in total. The molecule has 2 nitrogen and oxygen atoms in total. The number of hydrogen-bond acceptors (Lipinski definition) is 2. The summed E-state index contributed by atoms with van der Waals surface area (Å²) in [6.45, 7) is -0.798. The third-order valence-electron chi connectivity index (χ3n) is 1.85. The van der Waals surface area contributed by atoms with Crippen LogP contribution in [0.2, 0.25) is 0 Å². The number of rotatable bonds is 5. The van der Waals surface area contributed by atoms with Crippen molar-refractivity contribution in [2.45, 2.75) is 12.5 Å². The number of benzene rings is 1. The van der Waals surface area contributed by atoms with Crippen LogP contribution in [0.3, 0.4) is 0 Å². The maximum Gasteiger partial charge on any atom is 0.261 e. The third kappa shape index (κ3) is 3.89. The van der Waals surface area contributed by atoms with Crippen molar-refractivity contribution in [1.82, 2.24) is 0 Å². The second-order valence-corrected chi connectivity index (χ2v) is 3.06. The lowest BCUT2D eigenvalue weighted by atomic mass is 10.1. The summed E-state index contributed by atoms with van der Waals surface area (Å²) in [6, 6.07) is 5.22. The molecule has 0 bridgehead atoms. The molecule has 0 aromatic heterocycles. The summed E-state index contributed by atoms with van der Waals surface area (Å²) in [5.41, 5.74) is 5.84. The molecule has 0 spiro atoms. The van der Waals surface area contributed by atoms with Gasteiger partial charge in [0.25, 0.3) is 6.43 Å². The Balaban J connectivity index is 2.47. The molecule has 15 heavy (non-hydrogen) atoms. The van der Waals surface area contributed by atoms with E-state index in [2.05, 4.69) is 4.74 Å². The number of halogens is 3. The molecular formula is C10H12F3NO. The topological polar surface area (TPSA) is 35.2 Å². The van der Waals surface area contributed by atoms with Crippen LogP contribution in [-0.2, 0) is 4.74 Å². The van der Waals surface area contributed by atoms with Crippen LogP contribution in [0, 0.1) is 5.82 Å². The summed E-state index contributed by atoms with van der Waals surface area (Å²) in [6.07, 6.45) is -2.53. The quantitative estimate of drug-likeness (QED) is 0.823. The average molecular weight is 219 g/mol. The molecular weight excluding hydrogens is 207 g/mol. The molecule has 0 radical (unpaired) electrons. The monoisotopic (exact) mass is 219 g/mol. The van der Waals surface area contributed by atoms with Gasteiger partial charge in [-0.3, -0.25) is 0 Å². The summed E-state index contributed by atoms with van der Waals surface area (Å²) >= 11 is 0. The molecule has 0 fully saturated rings. The van der Waals surface area contributed by atoms with Gasteiger partial charge in [-0.1, -0.05) is 18.2 Å². The zero-order valence-electron chi connectivity index (χ0n) is 8.00. The van der Waals surface area contributed by atoms with Gasteiger partial charge in [0.1, 0.15) is 12.4 Å². The molecule has 5 heteroatoms. The van der Waals surface area contributed by atoms with Crippen LogP contribution in [-0.4, -0.2) is 19.6 Å². The Bertz CT molecular complexity index is 306. The fourth-order valence-corrected chi connectivity index (χ4v) is 1.15. The van der Waals surface area contributed by atoms with Crippen molar-refractivity contribution in [3.63, 3.8) is 0 Å². The molecule has 0 aliphatic rings. The zero-order valence-corrected chi connectivity index (χ0v) is 8.00. The third-order valence-corrected chi connectivity index (χ3v) is 1.85. The highest BCUT2D eigenvalue weighted by molar-refractivity contribution is 5.20. The van der Waals surface area contributed by atoms with E-state index in [1.807, 2.05) is 0 Å². The minimum Gasteiger partial charge on any atom is -0.374 e. The Morgan fingerprint density at radius 1 is 1.20 bits per heavy atom. The fraction of sp³-hybridized carbons (Fsp3) is 0.400. The molecule has 1 aromatic rings. The SMILES string of the molecule is NC(COCC(F)F)c1ccccc1F. The largest absolute Gasteiger partial charge is 0.374 e. The summed E-state index contributed by atoms with van der Waals surface area (Å²) in [5.74, 6) is -0.453. The van der Waals surface area contributed by atoms with Crippen LogP contribution < -0.4 is 5.73 Å². The van der Waals surface area contributed by atoms with Gasteiger partial charge in [-0.2, -0.15) is 0 Å². The molecule has 1 aromatic carbocycles. The van der Waals surface area contributed by atoms with Crippen LogP contribution in [0.4, 0.5) is 13.2 Å². The standard InChI is InChI=1S/C10H12F3NO/c11-8-4-2-1-3-7(8)9(14)5-15-6-10(12)13/h1-4,9-10H,5-6,14H2. The molecule has 0 heterocycles. The Hall–Kier alpha value is -1.07. The van der Waals surface area contributed by atoms with Crippen LogP contribution in [0.15, 0.2) is 24.3 Å². The van der Waals surface area contributed by atoms with Crippen molar-refractivity contribution in [2.24, 2.45) is 5.73 Å². The highest BCUT2D eigenvalue weighted by atomic mass is 19.3. The first-order valence-electron chi connectivity index (χ1n) is 4.47. The molecule has 1 rings (SSSR count). The zero-order chi connectivity index (χ0) is 11.3. The van der Waals surface area contributed by atoms with Gasteiger partial charge < -0.3 is 10.5 Å². The van der Waals surface area contributed by atoms with E-state index in [1.165, 1.54) is 18.2 Å². The summed E-state index contributed by atoms with van der Waals surface area (Å²) in [4.78, 5) is 0. The molecule has 0 aliphatic heterocycles. The number of nitrogens with two attached hydrogens (primary N) is 1. The lowest BCUT2D eigenvalue weighted by molar-refractivity contribution is 0.0123. The average Bonchev–Trinajstić information content (AvgIpc) is 2.17. The van der Waals surface area contributed by atoms with Crippen LogP contribution in [0.25, 0.3) is 0 Å². The normalized spacial score (nSPS) is 13.1. The Kier molecular flexibility index (Phi) is 4.58. The van der Waals surface area contributed by atoms with Crippen molar-refractivity contribution in [1.29, 1.82) is 0 Å². The Morgan fingerprint density at radius 3 is 2.47 bits per heavy atom. The van der Waals surface area contributed by atoms with Gasteiger partial charge >= 0.3 is 0 Å².